The number of sulfone groups is 1. The van der Waals surface area contributed by atoms with Gasteiger partial charge in [0.2, 0.25) is 0 Å². The summed E-state index contributed by atoms with van der Waals surface area (Å²) >= 11 is 0. The van der Waals surface area contributed by atoms with Gasteiger partial charge in [-0.15, -0.1) is 0 Å². The first kappa shape index (κ1) is 14.0. The lowest BCUT2D eigenvalue weighted by molar-refractivity contribution is 0.328. The van der Waals surface area contributed by atoms with Crippen LogP contribution in [0.4, 0.5) is 0 Å². The zero-order valence-electron chi connectivity index (χ0n) is 10.8. The Labute approximate surface area is 99.9 Å². The Hall–Kier alpha value is -0.0900. The molecule has 1 aliphatic carbocycles. The molecule has 1 N–H and O–H groups in total. The fourth-order valence-corrected chi connectivity index (χ4v) is 2.99. The highest BCUT2D eigenvalue weighted by molar-refractivity contribution is 7.90. The summed E-state index contributed by atoms with van der Waals surface area (Å²) in [5, 5.41) is 3.53. The van der Waals surface area contributed by atoms with Gasteiger partial charge in [0.15, 0.2) is 0 Å². The van der Waals surface area contributed by atoms with Gasteiger partial charge >= 0.3 is 0 Å². The van der Waals surface area contributed by atoms with Crippen LogP contribution in [0, 0.1) is 5.41 Å². The maximum absolute atomic E-state index is 11.1. The molecular formula is C12H25NO2S. The summed E-state index contributed by atoms with van der Waals surface area (Å²) in [7, 11) is -2.78. The minimum atomic E-state index is -2.78. The van der Waals surface area contributed by atoms with Crippen molar-refractivity contribution in [2.24, 2.45) is 5.41 Å². The van der Waals surface area contributed by atoms with Gasteiger partial charge in [-0.25, -0.2) is 8.42 Å². The van der Waals surface area contributed by atoms with Gasteiger partial charge in [-0.05, 0) is 51.0 Å². The molecule has 0 heterocycles. The van der Waals surface area contributed by atoms with Gasteiger partial charge in [-0.2, -0.15) is 0 Å². The second kappa shape index (κ2) is 5.50. The molecule has 0 bridgehead atoms. The quantitative estimate of drug-likeness (QED) is 0.713. The molecule has 16 heavy (non-hydrogen) atoms. The first-order valence-electron chi connectivity index (χ1n) is 6.31. The highest BCUT2D eigenvalue weighted by atomic mass is 32.2. The third-order valence-corrected chi connectivity index (χ3v) is 4.73. The summed E-state index contributed by atoms with van der Waals surface area (Å²) in [5.41, 5.74) is 0.403. The number of hydrogen-bond donors (Lipinski definition) is 1. The van der Waals surface area contributed by atoms with Crippen LogP contribution in [0.15, 0.2) is 0 Å². The van der Waals surface area contributed by atoms with E-state index >= 15 is 0 Å². The van der Waals surface area contributed by atoms with Crippen molar-refractivity contribution in [2.45, 2.75) is 52.0 Å². The molecule has 3 nitrogen and oxygen atoms in total. The van der Waals surface area contributed by atoms with Gasteiger partial charge in [0.25, 0.3) is 0 Å². The summed E-state index contributed by atoms with van der Waals surface area (Å²) in [6.07, 6.45) is 6.87. The molecule has 1 rings (SSSR count). The minimum Gasteiger partial charge on any atom is -0.314 e. The van der Waals surface area contributed by atoms with Crippen molar-refractivity contribution in [1.82, 2.24) is 5.32 Å². The van der Waals surface area contributed by atoms with E-state index in [1.165, 1.54) is 19.1 Å². The Morgan fingerprint density at radius 1 is 1.38 bits per heavy atom. The van der Waals surface area contributed by atoms with Crippen LogP contribution < -0.4 is 5.32 Å². The number of nitrogens with one attached hydrogen (secondary N) is 1. The van der Waals surface area contributed by atoms with Gasteiger partial charge in [-0.3, -0.25) is 0 Å². The third kappa shape index (κ3) is 4.42. The van der Waals surface area contributed by atoms with E-state index in [0.717, 1.165) is 25.8 Å². The number of rotatable bonds is 8. The van der Waals surface area contributed by atoms with Crippen molar-refractivity contribution >= 4 is 9.84 Å². The summed E-state index contributed by atoms with van der Waals surface area (Å²) in [6, 6.07) is 0.534. The molecule has 1 atom stereocenters. The molecule has 4 heteroatoms. The van der Waals surface area contributed by atoms with Crippen LogP contribution in [-0.2, 0) is 9.84 Å². The zero-order chi connectivity index (χ0) is 12.2. The van der Waals surface area contributed by atoms with Crippen molar-refractivity contribution in [1.29, 1.82) is 0 Å². The molecule has 1 saturated carbocycles. The third-order valence-electron chi connectivity index (χ3n) is 3.70. The Kier molecular flexibility index (Phi) is 4.80. The minimum absolute atomic E-state index is 0.343. The average Bonchev–Trinajstić information content (AvgIpc) is 2.93. The molecule has 1 unspecified atom stereocenters. The molecule has 0 radical (unpaired) electrons. The van der Waals surface area contributed by atoms with Gasteiger partial charge in [-0.1, -0.05) is 6.92 Å². The Balaban J connectivity index is 2.29. The van der Waals surface area contributed by atoms with E-state index in [1.54, 1.807) is 0 Å². The highest BCUT2D eigenvalue weighted by Gasteiger charge is 2.46. The van der Waals surface area contributed by atoms with Gasteiger partial charge in [0, 0.05) is 18.1 Å². The van der Waals surface area contributed by atoms with E-state index in [0.29, 0.717) is 17.2 Å². The molecule has 1 aliphatic rings. The fourth-order valence-electron chi connectivity index (χ4n) is 2.32. The van der Waals surface area contributed by atoms with Gasteiger partial charge in [0.1, 0.15) is 9.84 Å². The van der Waals surface area contributed by atoms with Crippen LogP contribution in [0.1, 0.15) is 46.0 Å². The standard InChI is InChI=1S/C12H25NO2S/c1-4-9-13-11(2)12(7-8-12)6-5-10-16(3,14)15/h11,13H,4-10H2,1-3H3. The van der Waals surface area contributed by atoms with Crippen LogP contribution in [0.2, 0.25) is 0 Å². The van der Waals surface area contributed by atoms with Crippen LogP contribution in [0.25, 0.3) is 0 Å². The predicted molar refractivity (Wildman–Crippen MR) is 68.4 cm³/mol. The van der Waals surface area contributed by atoms with Crippen LogP contribution >= 0.6 is 0 Å². The van der Waals surface area contributed by atoms with Gasteiger partial charge in [0.05, 0.1) is 0 Å². The Bertz CT molecular complexity index is 307. The second-order valence-corrected chi connectivity index (χ2v) is 7.53. The van der Waals surface area contributed by atoms with Crippen molar-refractivity contribution in [3.63, 3.8) is 0 Å². The lowest BCUT2D eigenvalue weighted by atomic mass is 9.92. The summed E-state index contributed by atoms with van der Waals surface area (Å²) in [4.78, 5) is 0. The molecule has 0 amide bonds. The van der Waals surface area contributed by atoms with E-state index in [-0.39, 0.29) is 0 Å². The maximum atomic E-state index is 11.1. The smallest absolute Gasteiger partial charge is 0.147 e. The largest absolute Gasteiger partial charge is 0.314 e. The van der Waals surface area contributed by atoms with E-state index in [9.17, 15) is 8.42 Å². The molecule has 0 aromatic rings. The Morgan fingerprint density at radius 2 is 2.00 bits per heavy atom. The molecule has 0 aliphatic heterocycles. The summed E-state index contributed by atoms with van der Waals surface area (Å²) in [5.74, 6) is 0.343. The lowest BCUT2D eigenvalue weighted by Gasteiger charge is -2.24. The first-order valence-corrected chi connectivity index (χ1v) is 8.37. The molecule has 0 aromatic heterocycles. The fraction of sp³-hybridized carbons (Fsp3) is 1.00. The molecule has 0 saturated heterocycles. The maximum Gasteiger partial charge on any atom is 0.147 e. The first-order chi connectivity index (χ1) is 7.40. The lowest BCUT2D eigenvalue weighted by Crippen LogP contribution is -2.35. The monoisotopic (exact) mass is 247 g/mol. The SMILES string of the molecule is CCCNC(C)C1(CCCS(C)(=O)=O)CC1. The van der Waals surface area contributed by atoms with Crippen molar-refractivity contribution < 1.29 is 8.42 Å². The average molecular weight is 247 g/mol. The molecule has 1 fully saturated rings. The van der Waals surface area contributed by atoms with Crippen LogP contribution in [0.3, 0.4) is 0 Å². The predicted octanol–water partition coefficient (Wildman–Crippen LogP) is 1.98. The molecule has 96 valence electrons. The van der Waals surface area contributed by atoms with Crippen molar-refractivity contribution in [3.05, 3.63) is 0 Å². The molecular weight excluding hydrogens is 222 g/mol. The molecule has 0 aromatic carbocycles. The summed E-state index contributed by atoms with van der Waals surface area (Å²) in [6.45, 7) is 5.47. The van der Waals surface area contributed by atoms with E-state index < -0.39 is 9.84 Å². The van der Waals surface area contributed by atoms with Crippen molar-refractivity contribution in [3.8, 4) is 0 Å². The van der Waals surface area contributed by atoms with Crippen LogP contribution in [0.5, 0.6) is 0 Å². The molecule has 0 spiro atoms. The van der Waals surface area contributed by atoms with E-state index in [2.05, 4.69) is 19.2 Å². The normalized spacial score (nSPS) is 20.7. The Morgan fingerprint density at radius 3 is 2.44 bits per heavy atom. The van der Waals surface area contributed by atoms with Crippen molar-refractivity contribution in [2.75, 3.05) is 18.6 Å². The second-order valence-electron chi connectivity index (χ2n) is 5.27. The zero-order valence-corrected chi connectivity index (χ0v) is 11.6. The van der Waals surface area contributed by atoms with E-state index in [4.69, 9.17) is 0 Å². The number of hydrogen-bond acceptors (Lipinski definition) is 3. The van der Waals surface area contributed by atoms with Crippen LogP contribution in [-0.4, -0.2) is 33.0 Å². The topological polar surface area (TPSA) is 46.2 Å². The van der Waals surface area contributed by atoms with E-state index in [1.807, 2.05) is 0 Å². The van der Waals surface area contributed by atoms with Gasteiger partial charge < -0.3 is 5.32 Å². The summed E-state index contributed by atoms with van der Waals surface area (Å²) < 4.78 is 22.1. The highest BCUT2D eigenvalue weighted by Crippen LogP contribution is 2.52.